The monoisotopic (exact) mass is 740 g/mol. The molecule has 3 aliphatic heterocycles. The molecule has 0 saturated carbocycles. The summed E-state index contributed by atoms with van der Waals surface area (Å²) in [5.74, 6) is -8.67. The number of β-lactam (4-membered cyclic amide) rings is 1. The molecular weight excluding hydrogens is 716 g/mol. The zero-order valence-electron chi connectivity index (χ0n) is 24.9. The van der Waals surface area contributed by atoms with Gasteiger partial charge < -0.3 is 41.2 Å². The molecule has 20 nitrogen and oxygen atoms in total. The molecule has 3 aliphatic rings. The SMILES string of the molecule is CCC(O/N=C(\C(=O)NC1C(=O)N2C[C@@](C(=O)O)(N3CCN(NC(=O)C(=O)c4ccc(O)c(O)c4Cl)C3=O)S[C@H]12)c1csc(N)n1)C(=O)O. The number of nitrogens with one attached hydrogen (secondary N) is 2. The fourth-order valence-electron chi connectivity index (χ4n) is 5.03. The van der Waals surface area contributed by atoms with Crippen LogP contribution >= 0.6 is 34.7 Å². The Morgan fingerprint density at radius 1 is 1.18 bits per heavy atom. The number of aliphatic carboxylic acids is 2. The van der Waals surface area contributed by atoms with Crippen molar-refractivity contribution >= 4 is 87.0 Å². The normalized spacial score (nSPS) is 22.3. The van der Waals surface area contributed by atoms with Crippen LogP contribution in [0.3, 0.4) is 0 Å². The van der Waals surface area contributed by atoms with Crippen molar-refractivity contribution in [2.24, 2.45) is 5.16 Å². The number of amides is 5. The highest BCUT2D eigenvalue weighted by Crippen LogP contribution is 2.49. The number of thiazole rings is 1. The van der Waals surface area contributed by atoms with Crippen LogP contribution in [-0.4, -0.2) is 129 Å². The van der Waals surface area contributed by atoms with E-state index in [2.05, 4.69) is 20.9 Å². The molecule has 260 valence electrons. The Balaban J connectivity index is 1.30. The number of nitrogens with zero attached hydrogens (tertiary/aromatic N) is 5. The molecule has 23 heteroatoms. The van der Waals surface area contributed by atoms with Crippen LogP contribution in [0.15, 0.2) is 22.7 Å². The second-order valence-corrected chi connectivity index (χ2v) is 13.2. The molecule has 1 aromatic heterocycles. The van der Waals surface area contributed by atoms with E-state index < -0.39 is 98.2 Å². The zero-order valence-corrected chi connectivity index (χ0v) is 27.2. The number of phenolic OH excluding ortho intramolecular Hbond substituents is 2. The number of halogens is 1. The van der Waals surface area contributed by atoms with Crippen molar-refractivity contribution in [3.8, 4) is 11.5 Å². The smallest absolute Gasteiger partial charge is 0.347 e. The number of urea groups is 1. The quantitative estimate of drug-likeness (QED) is 0.0350. The van der Waals surface area contributed by atoms with Crippen molar-refractivity contribution in [3.05, 3.63) is 33.8 Å². The van der Waals surface area contributed by atoms with E-state index in [4.69, 9.17) is 22.2 Å². The molecule has 4 heterocycles. The van der Waals surface area contributed by atoms with Crippen molar-refractivity contribution in [1.82, 2.24) is 30.5 Å². The van der Waals surface area contributed by atoms with Crippen LogP contribution in [0.4, 0.5) is 9.93 Å². The van der Waals surface area contributed by atoms with Gasteiger partial charge in [-0.05, 0) is 18.6 Å². The van der Waals surface area contributed by atoms with Gasteiger partial charge in [-0.2, -0.15) is 0 Å². The lowest BCUT2D eigenvalue weighted by atomic mass is 10.1. The van der Waals surface area contributed by atoms with Gasteiger partial charge in [0.05, 0.1) is 23.7 Å². The van der Waals surface area contributed by atoms with E-state index in [1.807, 2.05) is 0 Å². The first-order valence-corrected chi connectivity index (χ1v) is 16.1. The number of carboxylic acids is 2. The van der Waals surface area contributed by atoms with E-state index >= 15 is 0 Å². The van der Waals surface area contributed by atoms with Crippen LogP contribution in [0.2, 0.25) is 5.02 Å². The van der Waals surface area contributed by atoms with E-state index in [0.29, 0.717) is 16.8 Å². The lowest BCUT2D eigenvalue weighted by molar-refractivity contribution is -0.151. The number of benzene rings is 1. The summed E-state index contributed by atoms with van der Waals surface area (Å²) in [5, 5.41) is 45.5. The molecule has 49 heavy (non-hydrogen) atoms. The summed E-state index contributed by atoms with van der Waals surface area (Å²) < 4.78 is 0. The minimum Gasteiger partial charge on any atom is -0.504 e. The van der Waals surface area contributed by atoms with Crippen molar-refractivity contribution in [1.29, 1.82) is 0 Å². The van der Waals surface area contributed by atoms with Crippen LogP contribution in [-0.2, 0) is 28.8 Å². The molecule has 0 spiro atoms. The number of oxime groups is 1. The molecule has 0 radical (unpaired) electrons. The number of rotatable bonds is 12. The van der Waals surface area contributed by atoms with Gasteiger partial charge in [0.25, 0.3) is 11.7 Å². The van der Waals surface area contributed by atoms with Gasteiger partial charge in [-0.25, -0.2) is 24.4 Å². The van der Waals surface area contributed by atoms with Crippen molar-refractivity contribution in [2.75, 3.05) is 25.4 Å². The number of ketones is 1. The minimum atomic E-state index is -2.08. The summed E-state index contributed by atoms with van der Waals surface area (Å²) in [6.45, 7) is 0.481. The molecule has 2 aromatic rings. The number of carboxylic acid groups (broad SMARTS) is 2. The summed E-state index contributed by atoms with van der Waals surface area (Å²) in [6.07, 6.45) is -1.40. The van der Waals surface area contributed by atoms with Gasteiger partial charge in [-0.15, -0.1) is 11.3 Å². The molecule has 5 amide bonds. The van der Waals surface area contributed by atoms with Crippen LogP contribution in [0.5, 0.6) is 11.5 Å². The zero-order chi connectivity index (χ0) is 35.9. The number of thioether (sulfide) groups is 1. The first kappa shape index (κ1) is 35.0. The number of phenols is 2. The molecule has 3 saturated heterocycles. The van der Waals surface area contributed by atoms with Gasteiger partial charge in [0, 0.05) is 11.9 Å². The maximum Gasteiger partial charge on any atom is 0.347 e. The highest BCUT2D eigenvalue weighted by atomic mass is 35.5. The molecule has 0 bridgehead atoms. The molecule has 4 atom stereocenters. The van der Waals surface area contributed by atoms with Crippen molar-refractivity contribution in [2.45, 2.75) is 35.7 Å². The first-order chi connectivity index (χ1) is 23.1. The van der Waals surface area contributed by atoms with Gasteiger partial charge in [0.15, 0.2) is 22.3 Å². The van der Waals surface area contributed by atoms with Crippen LogP contribution < -0.4 is 16.5 Å². The lowest BCUT2D eigenvalue weighted by Gasteiger charge is -2.41. The predicted octanol–water partition coefficient (Wildman–Crippen LogP) is -0.794. The predicted molar refractivity (Wildman–Crippen MR) is 167 cm³/mol. The van der Waals surface area contributed by atoms with Crippen molar-refractivity contribution in [3.63, 3.8) is 0 Å². The van der Waals surface area contributed by atoms with Gasteiger partial charge in [-0.3, -0.25) is 29.5 Å². The second kappa shape index (κ2) is 13.3. The third-order valence-electron chi connectivity index (χ3n) is 7.59. The lowest BCUT2D eigenvalue weighted by Crippen LogP contribution is -2.68. The van der Waals surface area contributed by atoms with E-state index in [9.17, 15) is 54.0 Å². The Kier molecular flexibility index (Phi) is 9.48. The average Bonchev–Trinajstić information content (AvgIpc) is 3.76. The second-order valence-electron chi connectivity index (χ2n) is 10.5. The van der Waals surface area contributed by atoms with Crippen LogP contribution in [0.25, 0.3) is 0 Å². The number of Topliss-reactive ketones (excluding diaryl/α,β-unsaturated/α-hetero) is 1. The van der Waals surface area contributed by atoms with E-state index in [1.54, 1.807) is 0 Å². The third kappa shape index (κ3) is 6.20. The molecular formula is C26H25ClN8O12S2. The maximum atomic E-state index is 13.4. The Morgan fingerprint density at radius 3 is 2.51 bits per heavy atom. The number of hydrogen-bond donors (Lipinski definition) is 7. The van der Waals surface area contributed by atoms with E-state index in [1.165, 1.54) is 12.3 Å². The van der Waals surface area contributed by atoms with Gasteiger partial charge >= 0.3 is 23.9 Å². The molecule has 8 N–H and O–H groups in total. The number of fused-ring (bicyclic) bond motifs is 1. The maximum absolute atomic E-state index is 13.4. The van der Waals surface area contributed by atoms with Crippen LogP contribution in [0, 0.1) is 0 Å². The topological polar surface area (TPSA) is 295 Å². The highest BCUT2D eigenvalue weighted by Gasteiger charge is 2.66. The number of hydrazine groups is 1. The molecule has 2 unspecified atom stereocenters. The summed E-state index contributed by atoms with van der Waals surface area (Å²) in [6, 6.07) is -0.424. The Hall–Kier alpha value is -5.35. The van der Waals surface area contributed by atoms with E-state index in [-0.39, 0.29) is 30.3 Å². The number of aromatic hydroxyl groups is 2. The summed E-state index contributed by atoms with van der Waals surface area (Å²) in [4.78, 5) is 98.2. The molecule has 1 aromatic carbocycles. The van der Waals surface area contributed by atoms with Gasteiger partial charge in [0.2, 0.25) is 16.9 Å². The minimum absolute atomic E-state index is 0.00293. The largest absolute Gasteiger partial charge is 0.504 e. The number of aromatic nitrogens is 1. The fraction of sp³-hybridized carbons (Fsp3) is 0.346. The number of anilines is 1. The number of nitrogen functional groups attached to an aromatic ring is 1. The standard InChI is InChI=1S/C26H25ClN8O12S2/c1-2-12(22(42)43)47-32-14(10-7-48-24(28)29-10)18(39)30-15-20(41)33-8-26(23(44)45,49-21(15)33)34-5-6-35(25(34)46)31-19(40)16(37)9-3-4-11(36)17(38)13(9)27/h3-4,7,12,15,21,36,38H,2,5-6,8H2,1H3,(H2,28,29)(H,30,39)(H,31,40)(H,42,43)(H,44,45)/b32-14-/t12?,15?,21-,26-/m1/s1. The molecule has 3 fully saturated rings. The fourth-order valence-corrected chi connectivity index (χ4v) is 7.46. The average molecular weight is 741 g/mol. The van der Waals surface area contributed by atoms with Gasteiger partial charge in [-0.1, -0.05) is 35.4 Å². The van der Waals surface area contributed by atoms with Gasteiger partial charge in [0.1, 0.15) is 17.1 Å². The highest BCUT2D eigenvalue weighted by molar-refractivity contribution is 8.02. The Labute approximate surface area is 287 Å². The van der Waals surface area contributed by atoms with E-state index in [0.717, 1.165) is 33.3 Å². The summed E-state index contributed by atoms with van der Waals surface area (Å²) in [5.41, 5.74) is 6.70. The Bertz CT molecular complexity index is 1820. The third-order valence-corrected chi connectivity index (χ3v) is 10.3. The number of hydrogen-bond acceptors (Lipinski definition) is 15. The molecule has 5 rings (SSSR count). The molecule has 0 aliphatic carbocycles. The number of nitrogens with two attached hydrogens (primary N) is 1. The number of carbonyl (C=O) groups excluding carboxylic acids is 5. The van der Waals surface area contributed by atoms with Crippen LogP contribution in [0.1, 0.15) is 29.4 Å². The first-order valence-electron chi connectivity index (χ1n) is 14.0. The summed E-state index contributed by atoms with van der Waals surface area (Å²) >= 11 is 7.49. The van der Waals surface area contributed by atoms with Crippen molar-refractivity contribution < 1.29 is 58.8 Å². The summed E-state index contributed by atoms with van der Waals surface area (Å²) in [7, 11) is 0. The Morgan fingerprint density at radius 2 is 1.90 bits per heavy atom. The number of carbonyl (C=O) groups is 7.